The molecule has 25 heavy (non-hydrogen) atoms. The van der Waals surface area contributed by atoms with E-state index in [9.17, 15) is 13.2 Å². The van der Waals surface area contributed by atoms with E-state index in [4.69, 9.17) is 14.6 Å². The Morgan fingerprint density at radius 3 is 2.28 bits per heavy atom. The van der Waals surface area contributed by atoms with E-state index in [0.717, 1.165) is 43.9 Å². The molecule has 4 rings (SSSR count). The van der Waals surface area contributed by atoms with Gasteiger partial charge >= 0.3 is 6.18 Å². The van der Waals surface area contributed by atoms with Crippen LogP contribution in [0.4, 0.5) is 24.5 Å². The van der Waals surface area contributed by atoms with Crippen LogP contribution in [0.15, 0.2) is 42.5 Å². The number of aliphatic hydroxyl groups is 1. The Labute approximate surface area is 143 Å². The van der Waals surface area contributed by atoms with Gasteiger partial charge < -0.3 is 19.9 Å². The van der Waals surface area contributed by atoms with Gasteiger partial charge in [-0.2, -0.15) is 13.2 Å². The highest BCUT2D eigenvalue weighted by Gasteiger charge is 2.32. The fraction of sp³-hybridized carbons (Fsp3) is 0.333. The highest BCUT2D eigenvalue weighted by Crippen LogP contribution is 2.43. The molecule has 0 bridgehead atoms. The van der Waals surface area contributed by atoms with Crippen molar-refractivity contribution in [2.45, 2.75) is 25.1 Å². The van der Waals surface area contributed by atoms with Crippen molar-refractivity contribution in [1.82, 2.24) is 0 Å². The summed E-state index contributed by atoms with van der Waals surface area (Å²) in [5.74, 6) is 0.702. The molecule has 134 valence electrons. The van der Waals surface area contributed by atoms with Gasteiger partial charge in [0.25, 0.3) is 0 Å². The van der Waals surface area contributed by atoms with Crippen LogP contribution in [0.2, 0.25) is 0 Å². The van der Waals surface area contributed by atoms with Crippen molar-refractivity contribution < 1.29 is 27.8 Å². The topological polar surface area (TPSA) is 50.7 Å². The summed E-state index contributed by atoms with van der Waals surface area (Å²) in [5, 5.41) is 11.9. The second-order valence-electron chi connectivity index (χ2n) is 5.78. The fourth-order valence-corrected chi connectivity index (χ4v) is 2.49. The summed E-state index contributed by atoms with van der Waals surface area (Å²) in [6, 6.07) is 10.5. The molecule has 1 fully saturated rings. The number of aliphatic hydroxyl groups excluding tert-OH is 1. The van der Waals surface area contributed by atoms with Gasteiger partial charge in [0.2, 0.25) is 0 Å². The maximum atomic E-state index is 12.6. The zero-order chi connectivity index (χ0) is 17.9. The first-order valence-corrected chi connectivity index (χ1v) is 7.94. The summed E-state index contributed by atoms with van der Waals surface area (Å²) in [6.45, 7) is 1.47. The van der Waals surface area contributed by atoms with E-state index in [0.29, 0.717) is 11.4 Å². The van der Waals surface area contributed by atoms with Gasteiger partial charge in [-0.15, -0.1) is 0 Å². The molecule has 2 aromatic carbocycles. The molecule has 1 saturated heterocycles. The van der Waals surface area contributed by atoms with Gasteiger partial charge in [0.15, 0.2) is 11.5 Å². The standard InChI is InChI=1S/C13H8F3NO.C5H10O2/c14-13(15,16)8-5-6-10-12(7-8)18-11-4-2-1-3-9(11)17-10;6-5-1-3-7-4-2-5/h1-7,17H;5-6H,1-4H2. The number of anilines is 2. The lowest BCUT2D eigenvalue weighted by Crippen LogP contribution is -2.19. The molecule has 0 amide bonds. The van der Waals surface area contributed by atoms with Crippen LogP contribution in [0.3, 0.4) is 0 Å². The Kier molecular flexibility index (Phi) is 5.15. The van der Waals surface area contributed by atoms with Crippen LogP contribution >= 0.6 is 0 Å². The molecule has 4 nitrogen and oxygen atoms in total. The van der Waals surface area contributed by atoms with Crippen molar-refractivity contribution in [3.05, 3.63) is 48.0 Å². The van der Waals surface area contributed by atoms with Crippen molar-refractivity contribution in [2.24, 2.45) is 0 Å². The van der Waals surface area contributed by atoms with Crippen LogP contribution in [-0.2, 0) is 10.9 Å². The van der Waals surface area contributed by atoms with Crippen molar-refractivity contribution in [1.29, 1.82) is 0 Å². The Bertz CT molecular complexity index is 728. The predicted octanol–water partition coefficient (Wildman–Crippen LogP) is 4.71. The lowest BCUT2D eigenvalue weighted by Gasteiger charge is -2.22. The second kappa shape index (κ2) is 7.33. The molecule has 2 aliphatic heterocycles. The highest BCUT2D eigenvalue weighted by molar-refractivity contribution is 5.75. The van der Waals surface area contributed by atoms with E-state index >= 15 is 0 Å². The Balaban J connectivity index is 0.000000219. The summed E-state index contributed by atoms with van der Waals surface area (Å²) in [6.07, 6.45) is -2.82. The minimum atomic E-state index is -4.37. The number of rotatable bonds is 0. The Morgan fingerprint density at radius 1 is 0.960 bits per heavy atom. The summed E-state index contributed by atoms with van der Waals surface area (Å²) in [7, 11) is 0. The first-order chi connectivity index (χ1) is 11.9. The number of halogens is 3. The minimum Gasteiger partial charge on any atom is -0.453 e. The summed E-state index contributed by atoms with van der Waals surface area (Å²) in [4.78, 5) is 0. The fourth-order valence-electron chi connectivity index (χ4n) is 2.49. The molecule has 2 N–H and O–H groups in total. The first-order valence-electron chi connectivity index (χ1n) is 7.94. The molecule has 0 saturated carbocycles. The highest BCUT2D eigenvalue weighted by atomic mass is 19.4. The number of hydrogen-bond acceptors (Lipinski definition) is 4. The number of nitrogens with one attached hydrogen (secondary N) is 1. The third kappa shape index (κ3) is 4.43. The number of fused-ring (bicyclic) bond motifs is 2. The summed E-state index contributed by atoms with van der Waals surface area (Å²) >= 11 is 0. The van der Waals surface area contributed by atoms with Crippen LogP contribution < -0.4 is 10.1 Å². The number of hydrogen-bond donors (Lipinski definition) is 2. The van der Waals surface area contributed by atoms with E-state index in [1.165, 1.54) is 6.07 Å². The van der Waals surface area contributed by atoms with Gasteiger partial charge in [-0.1, -0.05) is 12.1 Å². The largest absolute Gasteiger partial charge is 0.453 e. The van der Waals surface area contributed by atoms with Crippen molar-refractivity contribution >= 4 is 11.4 Å². The number of benzene rings is 2. The second-order valence-corrected chi connectivity index (χ2v) is 5.78. The van der Waals surface area contributed by atoms with E-state index in [-0.39, 0.29) is 11.9 Å². The molecule has 2 aromatic rings. The van der Waals surface area contributed by atoms with Gasteiger partial charge in [-0.05, 0) is 43.2 Å². The molecular weight excluding hydrogens is 335 g/mol. The molecule has 0 aromatic heterocycles. The van der Waals surface area contributed by atoms with Crippen LogP contribution in [0, 0.1) is 0 Å². The quantitative estimate of drug-likeness (QED) is 0.614. The van der Waals surface area contributed by atoms with E-state index < -0.39 is 11.7 Å². The van der Waals surface area contributed by atoms with Crippen molar-refractivity contribution in [2.75, 3.05) is 18.5 Å². The third-order valence-electron chi connectivity index (χ3n) is 3.88. The normalized spacial score (nSPS) is 16.5. The van der Waals surface area contributed by atoms with Gasteiger partial charge in [0, 0.05) is 13.2 Å². The van der Waals surface area contributed by atoms with Gasteiger partial charge in [0.05, 0.1) is 23.0 Å². The van der Waals surface area contributed by atoms with Crippen LogP contribution in [0.25, 0.3) is 0 Å². The van der Waals surface area contributed by atoms with Gasteiger partial charge in [-0.3, -0.25) is 0 Å². The Hall–Kier alpha value is -2.25. The summed E-state index contributed by atoms with van der Waals surface area (Å²) in [5.41, 5.74) is 0.550. The monoisotopic (exact) mass is 353 g/mol. The first kappa shape index (κ1) is 17.6. The molecule has 0 aliphatic carbocycles. The third-order valence-corrected chi connectivity index (χ3v) is 3.88. The average molecular weight is 353 g/mol. The molecule has 0 unspecified atom stereocenters. The number of ether oxygens (including phenoxy) is 2. The molecule has 2 heterocycles. The smallest absolute Gasteiger partial charge is 0.416 e. The predicted molar refractivity (Wildman–Crippen MR) is 87.3 cm³/mol. The van der Waals surface area contributed by atoms with E-state index in [1.54, 1.807) is 18.2 Å². The minimum absolute atomic E-state index is 0.0891. The van der Waals surface area contributed by atoms with E-state index in [1.807, 2.05) is 6.07 Å². The molecule has 2 aliphatic rings. The van der Waals surface area contributed by atoms with Crippen LogP contribution in [0.5, 0.6) is 11.5 Å². The summed E-state index contributed by atoms with van der Waals surface area (Å²) < 4.78 is 48.2. The SMILES string of the molecule is FC(F)(F)c1ccc2c(c1)Oc1ccccc1N2.OC1CCOCC1. The molecule has 0 radical (unpaired) electrons. The lowest BCUT2D eigenvalue weighted by atomic mass is 10.1. The Morgan fingerprint density at radius 2 is 1.64 bits per heavy atom. The lowest BCUT2D eigenvalue weighted by molar-refractivity contribution is -0.137. The van der Waals surface area contributed by atoms with E-state index in [2.05, 4.69) is 5.32 Å². The molecule has 7 heteroatoms. The zero-order valence-corrected chi connectivity index (χ0v) is 13.3. The average Bonchev–Trinajstić information content (AvgIpc) is 2.60. The van der Waals surface area contributed by atoms with Crippen LogP contribution in [0.1, 0.15) is 18.4 Å². The molecular formula is C18H18F3NO3. The van der Waals surface area contributed by atoms with Gasteiger partial charge in [0.1, 0.15) is 0 Å². The molecule has 0 atom stereocenters. The van der Waals surface area contributed by atoms with Gasteiger partial charge in [-0.25, -0.2) is 0 Å². The zero-order valence-electron chi connectivity index (χ0n) is 13.3. The number of para-hydroxylation sites is 2. The maximum absolute atomic E-state index is 12.6. The van der Waals surface area contributed by atoms with Crippen molar-refractivity contribution in [3.8, 4) is 11.5 Å². The molecule has 0 spiro atoms. The number of alkyl halides is 3. The maximum Gasteiger partial charge on any atom is 0.416 e. The van der Waals surface area contributed by atoms with Crippen molar-refractivity contribution in [3.63, 3.8) is 0 Å². The van der Waals surface area contributed by atoms with Crippen LogP contribution in [-0.4, -0.2) is 24.4 Å².